The monoisotopic (exact) mass is 375 g/mol. The lowest BCUT2D eigenvalue weighted by Gasteiger charge is -2.31. The van der Waals surface area contributed by atoms with E-state index in [9.17, 15) is 14.4 Å². The smallest absolute Gasteiger partial charge is 0.325 e. The molecule has 138 valence electrons. The van der Waals surface area contributed by atoms with Gasteiger partial charge in [0.1, 0.15) is 0 Å². The maximum absolute atomic E-state index is 12.8. The molecule has 0 unspecified atom stereocenters. The third-order valence-corrected chi connectivity index (χ3v) is 6.02. The molecule has 0 spiro atoms. The second-order valence-corrected chi connectivity index (χ2v) is 8.04. The zero-order valence-corrected chi connectivity index (χ0v) is 15.4. The van der Waals surface area contributed by atoms with Gasteiger partial charge in [-0.05, 0) is 19.2 Å². The number of H-pyrrole nitrogens is 2. The number of likely N-dealkylation sites (N-methyl/N-ethyl adjacent to an activating group) is 1. The standard InChI is InChI=1S/C17H21N5O3S/c1-20-4-6-21(7-5-20)8-11-2-3-14(26-11)16(24)22-9-12-13(10-22)18-17(25)19-15(12)23/h2-3H,4-10H2,1H3,(H2,18,19,23,25). The number of carbonyl (C=O) groups is 1. The first-order chi connectivity index (χ1) is 12.5. The van der Waals surface area contributed by atoms with E-state index in [2.05, 4.69) is 26.8 Å². The predicted octanol–water partition coefficient (Wildman–Crippen LogP) is 0.0281. The summed E-state index contributed by atoms with van der Waals surface area (Å²) in [7, 11) is 2.13. The summed E-state index contributed by atoms with van der Waals surface area (Å²) < 4.78 is 0. The van der Waals surface area contributed by atoms with Crippen molar-refractivity contribution in [1.29, 1.82) is 0 Å². The minimum Gasteiger partial charge on any atom is -0.328 e. The van der Waals surface area contributed by atoms with Crippen LogP contribution in [0.5, 0.6) is 0 Å². The van der Waals surface area contributed by atoms with Crippen LogP contribution in [0.3, 0.4) is 0 Å². The fraction of sp³-hybridized carbons (Fsp3) is 0.471. The molecule has 1 amide bonds. The van der Waals surface area contributed by atoms with Crippen LogP contribution in [0.2, 0.25) is 0 Å². The molecule has 0 saturated carbocycles. The number of fused-ring (bicyclic) bond motifs is 1. The number of nitrogens with zero attached hydrogens (tertiary/aromatic N) is 3. The van der Waals surface area contributed by atoms with Crippen molar-refractivity contribution in [2.45, 2.75) is 19.6 Å². The number of aromatic nitrogens is 2. The molecule has 0 aromatic carbocycles. The first-order valence-electron chi connectivity index (χ1n) is 8.63. The molecule has 2 aromatic rings. The normalized spacial score (nSPS) is 18.3. The molecule has 0 aliphatic carbocycles. The molecule has 2 aliphatic heterocycles. The highest BCUT2D eigenvalue weighted by Gasteiger charge is 2.28. The first-order valence-corrected chi connectivity index (χ1v) is 9.44. The van der Waals surface area contributed by atoms with Crippen molar-refractivity contribution in [3.05, 3.63) is 54.0 Å². The summed E-state index contributed by atoms with van der Waals surface area (Å²) in [5.74, 6) is -0.101. The molecule has 0 radical (unpaired) electrons. The SMILES string of the molecule is CN1CCN(Cc2ccc(C(=O)N3Cc4[nH]c(=O)[nH]c(=O)c4C3)s2)CC1. The Labute approximate surface area is 154 Å². The Bertz CT molecular complexity index is 938. The van der Waals surface area contributed by atoms with Crippen LogP contribution in [0, 0.1) is 0 Å². The van der Waals surface area contributed by atoms with E-state index < -0.39 is 11.2 Å². The maximum atomic E-state index is 12.8. The van der Waals surface area contributed by atoms with Gasteiger partial charge in [-0.25, -0.2) is 4.79 Å². The van der Waals surface area contributed by atoms with E-state index in [0.717, 1.165) is 32.7 Å². The maximum Gasteiger partial charge on any atom is 0.325 e. The van der Waals surface area contributed by atoms with Gasteiger partial charge in [-0.3, -0.25) is 19.5 Å². The lowest BCUT2D eigenvalue weighted by molar-refractivity contribution is 0.0755. The van der Waals surface area contributed by atoms with Crippen LogP contribution in [-0.2, 0) is 19.6 Å². The Kier molecular flexibility index (Phi) is 4.51. The Balaban J connectivity index is 1.43. The molecule has 1 saturated heterocycles. The van der Waals surface area contributed by atoms with Gasteiger partial charge in [0.25, 0.3) is 11.5 Å². The third kappa shape index (κ3) is 3.37. The topological polar surface area (TPSA) is 92.5 Å². The van der Waals surface area contributed by atoms with Gasteiger partial charge in [-0.1, -0.05) is 0 Å². The second-order valence-electron chi connectivity index (χ2n) is 6.87. The van der Waals surface area contributed by atoms with Gasteiger partial charge in [-0.2, -0.15) is 0 Å². The number of piperazine rings is 1. The fourth-order valence-electron chi connectivity index (χ4n) is 3.40. The summed E-state index contributed by atoms with van der Waals surface area (Å²) in [5.41, 5.74) is 0.0445. The van der Waals surface area contributed by atoms with E-state index in [-0.39, 0.29) is 19.0 Å². The second kappa shape index (κ2) is 6.82. The molecule has 26 heavy (non-hydrogen) atoms. The van der Waals surface area contributed by atoms with Gasteiger partial charge in [-0.15, -0.1) is 11.3 Å². The van der Waals surface area contributed by atoms with Gasteiger partial charge < -0.3 is 14.8 Å². The molecule has 1 fully saturated rings. The van der Waals surface area contributed by atoms with E-state index >= 15 is 0 Å². The van der Waals surface area contributed by atoms with E-state index in [1.807, 2.05) is 12.1 Å². The number of hydrogen-bond donors (Lipinski definition) is 2. The zero-order valence-electron chi connectivity index (χ0n) is 14.6. The molecule has 4 heterocycles. The summed E-state index contributed by atoms with van der Waals surface area (Å²) in [6, 6.07) is 3.86. The molecule has 8 nitrogen and oxygen atoms in total. The van der Waals surface area contributed by atoms with Crippen LogP contribution in [0.4, 0.5) is 0 Å². The Morgan fingerprint density at radius 1 is 1.12 bits per heavy atom. The lowest BCUT2D eigenvalue weighted by atomic mass is 10.3. The molecule has 0 bridgehead atoms. The predicted molar refractivity (Wildman–Crippen MR) is 98.4 cm³/mol. The molecule has 2 aromatic heterocycles. The van der Waals surface area contributed by atoms with Gasteiger partial charge >= 0.3 is 5.69 Å². The molecule has 2 aliphatic rings. The van der Waals surface area contributed by atoms with Crippen LogP contribution in [-0.4, -0.2) is 63.8 Å². The quantitative estimate of drug-likeness (QED) is 0.790. The summed E-state index contributed by atoms with van der Waals surface area (Å²) in [6.07, 6.45) is 0. The number of nitrogens with one attached hydrogen (secondary N) is 2. The van der Waals surface area contributed by atoms with E-state index in [1.165, 1.54) is 16.2 Å². The molecule has 2 N–H and O–H groups in total. The van der Waals surface area contributed by atoms with Crippen LogP contribution >= 0.6 is 11.3 Å². The van der Waals surface area contributed by atoms with Gasteiger partial charge in [0.15, 0.2) is 0 Å². The average Bonchev–Trinajstić information content (AvgIpc) is 3.23. The van der Waals surface area contributed by atoms with Crippen molar-refractivity contribution >= 4 is 17.2 Å². The van der Waals surface area contributed by atoms with Crippen molar-refractivity contribution in [3.63, 3.8) is 0 Å². The van der Waals surface area contributed by atoms with Crippen molar-refractivity contribution in [2.75, 3.05) is 33.2 Å². The first kappa shape index (κ1) is 17.2. The minimum atomic E-state index is -0.534. The number of rotatable bonds is 3. The number of thiophene rings is 1. The highest BCUT2D eigenvalue weighted by Crippen LogP contribution is 2.24. The van der Waals surface area contributed by atoms with Crippen LogP contribution < -0.4 is 11.2 Å². The molecular formula is C17H21N5O3S. The lowest BCUT2D eigenvalue weighted by Crippen LogP contribution is -2.43. The van der Waals surface area contributed by atoms with E-state index in [1.54, 1.807) is 4.90 Å². The third-order valence-electron chi connectivity index (χ3n) is 4.96. The minimum absolute atomic E-state index is 0.101. The largest absolute Gasteiger partial charge is 0.328 e. The van der Waals surface area contributed by atoms with Crippen LogP contribution in [0.25, 0.3) is 0 Å². The van der Waals surface area contributed by atoms with Gasteiger partial charge in [0, 0.05) is 43.3 Å². The zero-order chi connectivity index (χ0) is 18.3. The van der Waals surface area contributed by atoms with Gasteiger partial charge in [0.2, 0.25) is 0 Å². The van der Waals surface area contributed by atoms with Crippen LogP contribution in [0.15, 0.2) is 21.7 Å². The van der Waals surface area contributed by atoms with Crippen molar-refractivity contribution in [1.82, 2.24) is 24.7 Å². The summed E-state index contributed by atoms with van der Waals surface area (Å²) >= 11 is 1.50. The molecule has 9 heteroatoms. The summed E-state index contributed by atoms with van der Waals surface area (Å²) in [6.45, 7) is 5.56. The number of amides is 1. The van der Waals surface area contributed by atoms with E-state index in [0.29, 0.717) is 16.1 Å². The van der Waals surface area contributed by atoms with Crippen molar-refractivity contribution in [3.8, 4) is 0 Å². The highest BCUT2D eigenvalue weighted by molar-refractivity contribution is 7.14. The average molecular weight is 375 g/mol. The Morgan fingerprint density at radius 2 is 1.88 bits per heavy atom. The fourth-order valence-corrected chi connectivity index (χ4v) is 4.42. The summed E-state index contributed by atoms with van der Waals surface area (Å²) in [5, 5.41) is 0. The highest BCUT2D eigenvalue weighted by atomic mass is 32.1. The number of carbonyl (C=O) groups excluding carboxylic acids is 1. The Hall–Kier alpha value is -2.23. The van der Waals surface area contributed by atoms with E-state index in [4.69, 9.17) is 0 Å². The number of aromatic amines is 2. The number of hydrogen-bond acceptors (Lipinski definition) is 6. The summed E-state index contributed by atoms with van der Waals surface area (Å²) in [4.78, 5) is 49.0. The molecule has 4 rings (SSSR count). The Morgan fingerprint density at radius 3 is 2.65 bits per heavy atom. The molecular weight excluding hydrogens is 354 g/mol. The van der Waals surface area contributed by atoms with Crippen LogP contribution in [0.1, 0.15) is 25.8 Å². The van der Waals surface area contributed by atoms with Crippen molar-refractivity contribution < 1.29 is 4.79 Å². The molecule has 0 atom stereocenters. The van der Waals surface area contributed by atoms with Crippen molar-refractivity contribution in [2.24, 2.45) is 0 Å². The van der Waals surface area contributed by atoms with Gasteiger partial charge in [0.05, 0.1) is 23.5 Å².